The van der Waals surface area contributed by atoms with Gasteiger partial charge in [0.05, 0.1) is 10.7 Å². The second kappa shape index (κ2) is 5.02. The Morgan fingerprint density at radius 2 is 1.76 bits per heavy atom. The van der Waals surface area contributed by atoms with Crippen LogP contribution in [0.25, 0.3) is 17.1 Å². The van der Waals surface area contributed by atoms with Gasteiger partial charge in [0.25, 0.3) is 0 Å². The molecule has 0 aliphatic rings. The fourth-order valence-corrected chi connectivity index (χ4v) is 2.14. The number of rotatable bonds is 2. The van der Waals surface area contributed by atoms with Crippen LogP contribution in [0.15, 0.2) is 36.4 Å². The highest BCUT2D eigenvalue weighted by atomic mass is 35.5. The van der Waals surface area contributed by atoms with Gasteiger partial charge in [-0.1, -0.05) is 11.6 Å². The SMILES string of the molecule is Nc1cc(N)cc(-c2nnnn2-c2ccc(F)c(Cl)c2)c1. The van der Waals surface area contributed by atoms with Crippen LogP contribution in [0.5, 0.6) is 0 Å². The molecule has 0 unspecified atom stereocenters. The van der Waals surface area contributed by atoms with Crippen molar-refractivity contribution in [2.75, 3.05) is 11.5 Å². The second-order valence-electron chi connectivity index (χ2n) is 4.40. The van der Waals surface area contributed by atoms with Crippen molar-refractivity contribution in [2.24, 2.45) is 0 Å². The Bertz CT molecular complexity index is 796. The van der Waals surface area contributed by atoms with E-state index in [4.69, 9.17) is 23.1 Å². The number of hydrogen-bond donors (Lipinski definition) is 2. The van der Waals surface area contributed by atoms with Crippen LogP contribution < -0.4 is 11.5 Å². The Morgan fingerprint density at radius 3 is 2.43 bits per heavy atom. The first-order chi connectivity index (χ1) is 10.0. The van der Waals surface area contributed by atoms with E-state index < -0.39 is 5.82 Å². The second-order valence-corrected chi connectivity index (χ2v) is 4.81. The molecular formula is C13H10ClFN6. The molecule has 1 aromatic heterocycles. The zero-order valence-electron chi connectivity index (χ0n) is 10.7. The number of aromatic nitrogens is 4. The molecule has 0 saturated heterocycles. The summed E-state index contributed by atoms with van der Waals surface area (Å²) in [7, 11) is 0. The van der Waals surface area contributed by atoms with Crippen molar-refractivity contribution in [3.63, 3.8) is 0 Å². The highest BCUT2D eigenvalue weighted by molar-refractivity contribution is 6.30. The van der Waals surface area contributed by atoms with Gasteiger partial charge in [-0.15, -0.1) is 5.10 Å². The highest BCUT2D eigenvalue weighted by Gasteiger charge is 2.13. The van der Waals surface area contributed by atoms with Gasteiger partial charge in [-0.05, 0) is 46.8 Å². The van der Waals surface area contributed by atoms with Crippen LogP contribution in [0.3, 0.4) is 0 Å². The summed E-state index contributed by atoms with van der Waals surface area (Å²) in [6.07, 6.45) is 0. The minimum absolute atomic E-state index is 0.0129. The third kappa shape index (κ3) is 2.50. The first-order valence-corrected chi connectivity index (χ1v) is 6.32. The maximum absolute atomic E-state index is 13.2. The minimum Gasteiger partial charge on any atom is -0.399 e. The predicted octanol–water partition coefficient (Wildman–Crippen LogP) is 2.29. The number of hydrogen-bond acceptors (Lipinski definition) is 5. The molecule has 106 valence electrons. The topological polar surface area (TPSA) is 95.6 Å². The van der Waals surface area contributed by atoms with Crippen LogP contribution in [0.2, 0.25) is 5.02 Å². The third-order valence-corrected chi connectivity index (χ3v) is 3.14. The van der Waals surface area contributed by atoms with E-state index in [1.165, 1.54) is 22.9 Å². The monoisotopic (exact) mass is 304 g/mol. The molecule has 4 N–H and O–H groups in total. The van der Waals surface area contributed by atoms with E-state index in [2.05, 4.69) is 15.5 Å². The van der Waals surface area contributed by atoms with E-state index in [0.717, 1.165) is 0 Å². The molecule has 8 heteroatoms. The van der Waals surface area contributed by atoms with E-state index in [1.54, 1.807) is 18.2 Å². The Labute approximate surface area is 124 Å². The number of anilines is 2. The van der Waals surface area contributed by atoms with Crippen molar-refractivity contribution >= 4 is 23.0 Å². The maximum atomic E-state index is 13.2. The lowest BCUT2D eigenvalue weighted by molar-refractivity contribution is 0.627. The normalized spacial score (nSPS) is 10.8. The smallest absolute Gasteiger partial charge is 0.187 e. The van der Waals surface area contributed by atoms with E-state index >= 15 is 0 Å². The van der Waals surface area contributed by atoms with Gasteiger partial charge in [-0.3, -0.25) is 0 Å². The number of halogens is 2. The first-order valence-electron chi connectivity index (χ1n) is 5.95. The van der Waals surface area contributed by atoms with Crippen LogP contribution in [0.4, 0.5) is 15.8 Å². The lowest BCUT2D eigenvalue weighted by atomic mass is 10.1. The molecule has 21 heavy (non-hydrogen) atoms. The van der Waals surface area contributed by atoms with Crippen LogP contribution in [0, 0.1) is 5.82 Å². The maximum Gasteiger partial charge on any atom is 0.187 e. The lowest BCUT2D eigenvalue weighted by Crippen LogP contribution is -2.01. The van der Waals surface area contributed by atoms with Crippen molar-refractivity contribution in [1.29, 1.82) is 0 Å². The number of nitrogen functional groups attached to an aromatic ring is 2. The summed E-state index contributed by atoms with van der Waals surface area (Å²) >= 11 is 5.78. The van der Waals surface area contributed by atoms with Crippen LogP contribution in [0.1, 0.15) is 0 Å². The van der Waals surface area contributed by atoms with E-state index in [-0.39, 0.29) is 5.02 Å². The molecule has 0 atom stereocenters. The molecule has 0 radical (unpaired) electrons. The lowest BCUT2D eigenvalue weighted by Gasteiger charge is -2.07. The van der Waals surface area contributed by atoms with Gasteiger partial charge in [-0.25, -0.2) is 4.39 Å². The van der Waals surface area contributed by atoms with Crippen LogP contribution in [-0.2, 0) is 0 Å². The Morgan fingerprint density at radius 1 is 1.05 bits per heavy atom. The summed E-state index contributed by atoms with van der Waals surface area (Å²) < 4.78 is 14.7. The summed E-state index contributed by atoms with van der Waals surface area (Å²) in [5, 5.41) is 11.5. The Hall–Kier alpha value is -2.67. The summed E-state index contributed by atoms with van der Waals surface area (Å²) in [5.41, 5.74) is 13.7. The fourth-order valence-electron chi connectivity index (χ4n) is 1.96. The van der Waals surface area contributed by atoms with Gasteiger partial charge in [0, 0.05) is 16.9 Å². The minimum atomic E-state index is -0.511. The van der Waals surface area contributed by atoms with E-state index in [0.29, 0.717) is 28.5 Å². The van der Waals surface area contributed by atoms with E-state index in [9.17, 15) is 4.39 Å². The van der Waals surface area contributed by atoms with Crippen molar-refractivity contribution in [1.82, 2.24) is 20.2 Å². The largest absolute Gasteiger partial charge is 0.399 e. The molecule has 3 rings (SSSR count). The molecule has 0 bridgehead atoms. The summed E-state index contributed by atoms with van der Waals surface area (Å²) in [6.45, 7) is 0. The molecule has 6 nitrogen and oxygen atoms in total. The molecule has 0 amide bonds. The molecule has 0 spiro atoms. The Kier molecular flexibility index (Phi) is 3.19. The average molecular weight is 305 g/mol. The standard InChI is InChI=1S/C13H10ClFN6/c14-11-6-10(1-2-12(11)15)21-13(18-19-20-21)7-3-8(16)5-9(17)4-7/h1-6H,16-17H2. The Balaban J connectivity index is 2.14. The molecule has 1 heterocycles. The number of nitrogens with two attached hydrogens (primary N) is 2. The molecule has 0 saturated carbocycles. The highest BCUT2D eigenvalue weighted by Crippen LogP contribution is 2.26. The van der Waals surface area contributed by atoms with Crippen molar-refractivity contribution in [3.05, 3.63) is 47.2 Å². The van der Waals surface area contributed by atoms with Crippen molar-refractivity contribution in [2.45, 2.75) is 0 Å². The van der Waals surface area contributed by atoms with Gasteiger partial charge in [0.1, 0.15) is 5.82 Å². The molecule has 0 fully saturated rings. The van der Waals surface area contributed by atoms with E-state index in [1.807, 2.05) is 0 Å². The van der Waals surface area contributed by atoms with Gasteiger partial charge >= 0.3 is 0 Å². The average Bonchev–Trinajstić information content (AvgIpc) is 2.90. The van der Waals surface area contributed by atoms with Gasteiger partial charge in [0.15, 0.2) is 5.82 Å². The van der Waals surface area contributed by atoms with Crippen molar-refractivity contribution < 1.29 is 4.39 Å². The molecular weight excluding hydrogens is 295 g/mol. The quantitative estimate of drug-likeness (QED) is 0.708. The van der Waals surface area contributed by atoms with Crippen LogP contribution >= 0.6 is 11.6 Å². The zero-order valence-corrected chi connectivity index (χ0v) is 11.4. The molecule has 0 aliphatic heterocycles. The number of tetrazole rings is 1. The van der Waals surface area contributed by atoms with Gasteiger partial charge in [0.2, 0.25) is 0 Å². The number of benzene rings is 2. The summed E-state index contributed by atoms with van der Waals surface area (Å²) in [6, 6.07) is 9.24. The fraction of sp³-hybridized carbons (Fsp3) is 0. The predicted molar refractivity (Wildman–Crippen MR) is 78.4 cm³/mol. The molecule has 2 aromatic carbocycles. The zero-order chi connectivity index (χ0) is 15.0. The summed E-state index contributed by atoms with van der Waals surface area (Å²) in [5.74, 6) is -0.0834. The summed E-state index contributed by atoms with van der Waals surface area (Å²) in [4.78, 5) is 0. The molecule has 3 aromatic rings. The van der Waals surface area contributed by atoms with Gasteiger partial charge in [-0.2, -0.15) is 4.68 Å². The van der Waals surface area contributed by atoms with Crippen molar-refractivity contribution in [3.8, 4) is 17.1 Å². The first kappa shape index (κ1) is 13.3. The van der Waals surface area contributed by atoms with Gasteiger partial charge < -0.3 is 11.5 Å². The van der Waals surface area contributed by atoms with Crippen LogP contribution in [-0.4, -0.2) is 20.2 Å². The molecule has 0 aliphatic carbocycles. The number of nitrogens with zero attached hydrogens (tertiary/aromatic N) is 4. The third-order valence-electron chi connectivity index (χ3n) is 2.85.